The van der Waals surface area contributed by atoms with Gasteiger partial charge in [0.25, 0.3) is 0 Å². The molecule has 0 spiro atoms. The maximum Gasteiger partial charge on any atom is 0.193 e. The van der Waals surface area contributed by atoms with E-state index < -0.39 is 0 Å². The smallest absolute Gasteiger partial charge is 0.193 e. The standard InChI is InChI=1S/C21H35N5O.HI/c1-25-14-10-21(11-15-25,26-12-6-3-7-13-26)17-23-20(22)24-19-9-5-4-8-18(19)16-27-2;/h4-5,8-9H,3,6-7,10-17H2,1-2H3,(H3,22,23,24);1H. The number of likely N-dealkylation sites (tertiary alicyclic amines) is 2. The van der Waals surface area contributed by atoms with Crippen LogP contribution >= 0.6 is 24.0 Å². The molecule has 2 fully saturated rings. The molecule has 0 bridgehead atoms. The molecule has 0 atom stereocenters. The Morgan fingerprint density at radius 1 is 1.14 bits per heavy atom. The van der Waals surface area contributed by atoms with E-state index in [9.17, 15) is 0 Å². The van der Waals surface area contributed by atoms with Gasteiger partial charge < -0.3 is 20.7 Å². The van der Waals surface area contributed by atoms with Gasteiger partial charge in [-0.25, -0.2) is 0 Å². The topological polar surface area (TPSA) is 66.1 Å². The van der Waals surface area contributed by atoms with Crippen LogP contribution in [0.5, 0.6) is 0 Å². The van der Waals surface area contributed by atoms with Crippen molar-refractivity contribution < 1.29 is 4.74 Å². The minimum atomic E-state index is 0. The third-order valence-corrected chi connectivity index (χ3v) is 6.07. The van der Waals surface area contributed by atoms with Crippen molar-refractivity contribution in [3.05, 3.63) is 29.8 Å². The van der Waals surface area contributed by atoms with Crippen LogP contribution < -0.4 is 11.1 Å². The average molecular weight is 501 g/mol. The van der Waals surface area contributed by atoms with Gasteiger partial charge in [0.2, 0.25) is 0 Å². The van der Waals surface area contributed by atoms with Gasteiger partial charge in [0.15, 0.2) is 5.96 Å². The van der Waals surface area contributed by atoms with Gasteiger partial charge in [-0.3, -0.25) is 9.89 Å². The van der Waals surface area contributed by atoms with E-state index in [4.69, 9.17) is 15.5 Å². The summed E-state index contributed by atoms with van der Waals surface area (Å²) in [5.41, 5.74) is 8.49. The number of anilines is 1. The van der Waals surface area contributed by atoms with Crippen LogP contribution in [0, 0.1) is 0 Å². The van der Waals surface area contributed by atoms with Crippen LogP contribution in [-0.4, -0.2) is 68.2 Å². The number of methoxy groups -OCH3 is 1. The summed E-state index contributed by atoms with van der Waals surface area (Å²) in [6, 6.07) is 8.08. The summed E-state index contributed by atoms with van der Waals surface area (Å²) in [6.45, 7) is 5.99. The Morgan fingerprint density at radius 3 is 2.50 bits per heavy atom. The second-order valence-electron chi connectivity index (χ2n) is 7.99. The Morgan fingerprint density at radius 2 is 1.82 bits per heavy atom. The minimum absolute atomic E-state index is 0. The van der Waals surface area contributed by atoms with Crippen LogP contribution in [0.3, 0.4) is 0 Å². The molecule has 1 aromatic carbocycles. The summed E-state index contributed by atoms with van der Waals surface area (Å²) in [5.74, 6) is 0.494. The number of guanidine groups is 1. The van der Waals surface area contributed by atoms with E-state index in [1.807, 2.05) is 24.3 Å². The normalized spacial score (nSPS) is 21.1. The van der Waals surface area contributed by atoms with Crippen LogP contribution in [-0.2, 0) is 11.3 Å². The van der Waals surface area contributed by atoms with Crippen LogP contribution in [0.25, 0.3) is 0 Å². The first kappa shape index (κ1) is 23.4. The summed E-state index contributed by atoms with van der Waals surface area (Å²) in [7, 11) is 3.92. The van der Waals surface area contributed by atoms with Crippen molar-refractivity contribution in [1.82, 2.24) is 9.80 Å². The highest BCUT2D eigenvalue weighted by atomic mass is 127. The lowest BCUT2D eigenvalue weighted by Crippen LogP contribution is -2.58. The van der Waals surface area contributed by atoms with Gasteiger partial charge in [-0.1, -0.05) is 24.6 Å². The molecule has 28 heavy (non-hydrogen) atoms. The number of benzene rings is 1. The summed E-state index contributed by atoms with van der Waals surface area (Å²) < 4.78 is 5.28. The summed E-state index contributed by atoms with van der Waals surface area (Å²) in [6.07, 6.45) is 6.30. The minimum Gasteiger partial charge on any atom is -0.380 e. The first-order valence-electron chi connectivity index (χ1n) is 10.2. The van der Waals surface area contributed by atoms with E-state index in [1.54, 1.807) is 7.11 Å². The van der Waals surface area contributed by atoms with Gasteiger partial charge in [0.1, 0.15) is 0 Å². The lowest BCUT2D eigenvalue weighted by Gasteiger charge is -2.49. The molecule has 2 aliphatic rings. The molecule has 0 aliphatic carbocycles. The highest BCUT2D eigenvalue weighted by molar-refractivity contribution is 14.0. The lowest BCUT2D eigenvalue weighted by molar-refractivity contribution is 0.0209. The number of hydrogen-bond acceptors (Lipinski definition) is 4. The molecule has 3 N–H and O–H groups in total. The van der Waals surface area contributed by atoms with Crippen LogP contribution in [0.2, 0.25) is 0 Å². The Labute approximate surface area is 186 Å². The van der Waals surface area contributed by atoms with Gasteiger partial charge in [0, 0.05) is 23.9 Å². The molecule has 0 unspecified atom stereocenters. The van der Waals surface area contributed by atoms with E-state index in [-0.39, 0.29) is 29.5 Å². The quantitative estimate of drug-likeness (QED) is 0.356. The second kappa shape index (κ2) is 11.3. The molecular weight excluding hydrogens is 465 g/mol. The summed E-state index contributed by atoms with van der Waals surface area (Å²) in [4.78, 5) is 9.92. The Hall–Kier alpha value is -0.900. The SMILES string of the molecule is COCc1ccccc1NC(N)=NCC1(N2CCCCC2)CCN(C)CC1.I. The maximum atomic E-state index is 6.27. The fraction of sp³-hybridized carbons (Fsp3) is 0.667. The average Bonchev–Trinajstić information content (AvgIpc) is 2.70. The molecule has 2 saturated heterocycles. The molecule has 3 rings (SSSR count). The molecule has 6 nitrogen and oxygen atoms in total. The predicted octanol–water partition coefficient (Wildman–Crippen LogP) is 3.13. The molecule has 158 valence electrons. The number of rotatable bonds is 6. The molecule has 1 aromatic rings. The summed E-state index contributed by atoms with van der Waals surface area (Å²) >= 11 is 0. The molecule has 2 aliphatic heterocycles. The van der Waals surface area contributed by atoms with Crippen LogP contribution in [0.1, 0.15) is 37.7 Å². The first-order chi connectivity index (χ1) is 13.1. The third kappa shape index (κ3) is 6.05. The van der Waals surface area contributed by atoms with E-state index in [0.717, 1.165) is 30.9 Å². The Kier molecular flexibility index (Phi) is 9.46. The van der Waals surface area contributed by atoms with Crippen molar-refractivity contribution in [2.45, 2.75) is 44.2 Å². The van der Waals surface area contributed by atoms with E-state index in [1.165, 1.54) is 45.2 Å². The number of aliphatic imine (C=N–C) groups is 1. The highest BCUT2D eigenvalue weighted by Crippen LogP contribution is 2.31. The summed E-state index contributed by atoms with van der Waals surface area (Å²) in [5, 5.41) is 3.28. The van der Waals surface area contributed by atoms with Gasteiger partial charge >= 0.3 is 0 Å². The number of nitrogens with two attached hydrogens (primary N) is 1. The van der Waals surface area contributed by atoms with Crippen LogP contribution in [0.15, 0.2) is 29.3 Å². The first-order valence-corrected chi connectivity index (χ1v) is 10.2. The number of piperidine rings is 2. The molecule has 2 heterocycles. The van der Waals surface area contributed by atoms with Crippen molar-refractivity contribution in [1.29, 1.82) is 0 Å². The van der Waals surface area contributed by atoms with Gasteiger partial charge in [-0.2, -0.15) is 0 Å². The van der Waals surface area contributed by atoms with E-state index >= 15 is 0 Å². The van der Waals surface area contributed by atoms with Crippen molar-refractivity contribution in [3.8, 4) is 0 Å². The zero-order valence-electron chi connectivity index (χ0n) is 17.3. The number of nitrogens with one attached hydrogen (secondary N) is 1. The van der Waals surface area contributed by atoms with Crippen molar-refractivity contribution in [2.75, 3.05) is 52.2 Å². The van der Waals surface area contributed by atoms with Crippen molar-refractivity contribution in [3.63, 3.8) is 0 Å². The third-order valence-electron chi connectivity index (χ3n) is 6.07. The lowest BCUT2D eigenvalue weighted by atomic mass is 9.84. The number of para-hydroxylation sites is 1. The van der Waals surface area contributed by atoms with Gasteiger partial charge in [-0.15, -0.1) is 24.0 Å². The van der Waals surface area contributed by atoms with E-state index in [0.29, 0.717) is 12.6 Å². The largest absolute Gasteiger partial charge is 0.380 e. The molecule has 0 saturated carbocycles. The molecule has 0 amide bonds. The Balaban J connectivity index is 0.00000280. The predicted molar refractivity (Wildman–Crippen MR) is 128 cm³/mol. The maximum absolute atomic E-state index is 6.27. The van der Waals surface area contributed by atoms with Crippen molar-refractivity contribution >= 4 is 35.6 Å². The second-order valence-corrected chi connectivity index (χ2v) is 7.99. The Bertz CT molecular complexity index is 625. The number of hydrogen-bond donors (Lipinski definition) is 2. The zero-order chi connectivity index (χ0) is 19.1. The van der Waals surface area contributed by atoms with Crippen LogP contribution in [0.4, 0.5) is 5.69 Å². The fourth-order valence-corrected chi connectivity index (χ4v) is 4.31. The number of halogens is 1. The van der Waals surface area contributed by atoms with Gasteiger partial charge in [-0.05, 0) is 65.0 Å². The molecule has 7 heteroatoms. The zero-order valence-corrected chi connectivity index (χ0v) is 19.7. The number of nitrogens with zero attached hydrogens (tertiary/aromatic N) is 3. The molecular formula is C21H36IN5O. The molecule has 0 aromatic heterocycles. The highest BCUT2D eigenvalue weighted by Gasteiger charge is 2.39. The van der Waals surface area contributed by atoms with E-state index in [2.05, 4.69) is 22.2 Å². The van der Waals surface area contributed by atoms with Gasteiger partial charge in [0.05, 0.1) is 13.2 Å². The van der Waals surface area contributed by atoms with Crippen molar-refractivity contribution in [2.24, 2.45) is 10.7 Å². The molecule has 0 radical (unpaired) electrons. The monoisotopic (exact) mass is 501 g/mol. The fourth-order valence-electron chi connectivity index (χ4n) is 4.31. The number of ether oxygens (including phenoxy) is 1.